The molecule has 7 heteroatoms. The first-order valence-corrected chi connectivity index (χ1v) is 9.81. The van der Waals surface area contributed by atoms with E-state index in [0.29, 0.717) is 18.2 Å². The minimum absolute atomic E-state index is 0.196. The summed E-state index contributed by atoms with van der Waals surface area (Å²) in [5, 5.41) is 10.2. The van der Waals surface area contributed by atoms with Crippen LogP contribution in [0.5, 0.6) is 5.75 Å². The highest BCUT2D eigenvalue weighted by Gasteiger charge is 2.37. The molecule has 0 saturated heterocycles. The number of aromatic nitrogens is 3. The minimum atomic E-state index is -0.222. The van der Waals surface area contributed by atoms with Crippen LogP contribution >= 0.6 is 11.3 Å². The number of fused-ring (bicyclic) bond motifs is 1. The number of carbonyl (C=O) groups is 1. The largest absolute Gasteiger partial charge is 0.496 e. The average molecular weight is 378 g/mol. The number of rotatable bonds is 3. The van der Waals surface area contributed by atoms with Gasteiger partial charge in [-0.1, -0.05) is 18.2 Å². The number of methoxy groups -OCH3 is 1. The smallest absolute Gasteiger partial charge is 0.226 e. The molecule has 27 heavy (non-hydrogen) atoms. The van der Waals surface area contributed by atoms with Crippen molar-refractivity contribution in [1.82, 2.24) is 14.8 Å². The van der Waals surface area contributed by atoms with Gasteiger partial charge in [-0.25, -0.2) is 4.68 Å². The third-order valence-corrected chi connectivity index (χ3v) is 5.95. The van der Waals surface area contributed by atoms with Gasteiger partial charge >= 0.3 is 0 Å². The van der Waals surface area contributed by atoms with E-state index >= 15 is 0 Å². The average Bonchev–Trinajstić information content (AvgIpc) is 3.36. The second-order valence-corrected chi connectivity index (χ2v) is 7.60. The van der Waals surface area contributed by atoms with E-state index < -0.39 is 0 Å². The van der Waals surface area contributed by atoms with E-state index in [1.54, 1.807) is 18.4 Å². The molecule has 2 aromatic heterocycles. The Balaban J connectivity index is 1.68. The maximum Gasteiger partial charge on any atom is 0.226 e. The number of para-hydroxylation sites is 1. The van der Waals surface area contributed by atoms with Crippen molar-refractivity contribution in [2.75, 3.05) is 12.4 Å². The van der Waals surface area contributed by atoms with Gasteiger partial charge in [0, 0.05) is 22.6 Å². The number of ketones is 1. The van der Waals surface area contributed by atoms with E-state index in [9.17, 15) is 4.79 Å². The number of nitrogens with one attached hydrogen (secondary N) is 1. The van der Waals surface area contributed by atoms with Crippen LogP contribution in [0.2, 0.25) is 0 Å². The maximum absolute atomic E-state index is 12.7. The highest BCUT2D eigenvalue weighted by molar-refractivity contribution is 7.10. The summed E-state index contributed by atoms with van der Waals surface area (Å²) in [4.78, 5) is 18.6. The Kier molecular flexibility index (Phi) is 3.82. The Morgan fingerprint density at radius 1 is 1.22 bits per heavy atom. The van der Waals surface area contributed by atoms with E-state index in [1.807, 2.05) is 40.4 Å². The fraction of sp³-hybridized carbons (Fsp3) is 0.250. The van der Waals surface area contributed by atoms with Crippen LogP contribution in [-0.4, -0.2) is 27.7 Å². The third-order valence-electron chi connectivity index (χ3n) is 5.03. The third kappa shape index (κ3) is 2.57. The van der Waals surface area contributed by atoms with E-state index in [1.165, 1.54) is 0 Å². The van der Waals surface area contributed by atoms with E-state index in [2.05, 4.69) is 11.4 Å². The molecule has 0 saturated carbocycles. The number of Topliss-reactive ketones (excluding diaryl/α,β-unsaturated/α-hetero) is 1. The first-order chi connectivity index (χ1) is 13.3. The van der Waals surface area contributed by atoms with Crippen molar-refractivity contribution >= 4 is 23.1 Å². The summed E-state index contributed by atoms with van der Waals surface area (Å²) < 4.78 is 7.31. The lowest BCUT2D eigenvalue weighted by atomic mass is 9.88. The molecule has 6 nitrogen and oxygen atoms in total. The Morgan fingerprint density at radius 3 is 2.93 bits per heavy atom. The lowest BCUT2D eigenvalue weighted by Crippen LogP contribution is -2.31. The van der Waals surface area contributed by atoms with Crippen LogP contribution in [0, 0.1) is 0 Å². The first kappa shape index (κ1) is 16.3. The first-order valence-electron chi connectivity index (χ1n) is 8.93. The summed E-state index contributed by atoms with van der Waals surface area (Å²) in [6.45, 7) is 0. The molecular weight excluding hydrogens is 360 g/mol. The number of thiophene rings is 1. The van der Waals surface area contributed by atoms with Crippen LogP contribution in [0.25, 0.3) is 11.4 Å². The predicted octanol–water partition coefficient (Wildman–Crippen LogP) is 4.04. The zero-order valence-electron chi connectivity index (χ0n) is 14.8. The standard InChI is InChI=1S/C20H18N4O2S/c1-26-15-9-3-2-6-12(15)19-22-20-21-13-7-4-8-14(25)17(13)18(24(20)23-19)16-10-5-11-27-16/h2-3,5-6,9-11,18H,4,7-8H2,1H3,(H,21,22,23). The molecular formula is C20H18N4O2S. The molecule has 1 atom stereocenters. The molecule has 0 bridgehead atoms. The van der Waals surface area contributed by atoms with Crippen molar-refractivity contribution in [3.63, 3.8) is 0 Å². The Hall–Kier alpha value is -2.93. The van der Waals surface area contributed by atoms with Gasteiger partial charge in [0.15, 0.2) is 11.6 Å². The van der Waals surface area contributed by atoms with Crippen molar-refractivity contribution in [1.29, 1.82) is 0 Å². The van der Waals surface area contributed by atoms with Gasteiger partial charge in [0.2, 0.25) is 5.95 Å². The monoisotopic (exact) mass is 378 g/mol. The number of anilines is 1. The number of hydrogen-bond acceptors (Lipinski definition) is 6. The number of allylic oxidation sites excluding steroid dienone is 2. The lowest BCUT2D eigenvalue weighted by Gasteiger charge is -2.31. The Labute approximate surface area is 160 Å². The Bertz CT molecular complexity index is 1050. The molecule has 1 aromatic carbocycles. The van der Waals surface area contributed by atoms with Crippen molar-refractivity contribution < 1.29 is 9.53 Å². The van der Waals surface area contributed by atoms with Gasteiger partial charge in [0.25, 0.3) is 0 Å². The number of benzene rings is 1. The van der Waals surface area contributed by atoms with Gasteiger partial charge in [-0.3, -0.25) is 4.79 Å². The van der Waals surface area contributed by atoms with Crippen molar-refractivity contribution in [3.05, 3.63) is 57.9 Å². The second-order valence-electron chi connectivity index (χ2n) is 6.62. The summed E-state index contributed by atoms with van der Waals surface area (Å²) in [7, 11) is 1.64. The number of hydrogen-bond donors (Lipinski definition) is 1. The lowest BCUT2D eigenvalue weighted by molar-refractivity contribution is -0.116. The van der Waals surface area contributed by atoms with Crippen LogP contribution in [0.3, 0.4) is 0 Å². The van der Waals surface area contributed by atoms with Gasteiger partial charge in [-0.15, -0.1) is 16.4 Å². The molecule has 0 amide bonds. The summed E-state index contributed by atoms with van der Waals surface area (Å²) in [5.74, 6) is 2.18. The van der Waals surface area contributed by atoms with Gasteiger partial charge in [0.1, 0.15) is 11.8 Å². The second kappa shape index (κ2) is 6.35. The van der Waals surface area contributed by atoms with E-state index in [4.69, 9.17) is 14.8 Å². The fourth-order valence-electron chi connectivity index (χ4n) is 3.81. The molecule has 0 spiro atoms. The highest BCUT2D eigenvalue weighted by Crippen LogP contribution is 2.42. The number of carbonyl (C=O) groups excluding carboxylic acids is 1. The van der Waals surface area contributed by atoms with E-state index in [0.717, 1.165) is 40.3 Å². The highest BCUT2D eigenvalue weighted by atomic mass is 32.1. The summed E-state index contributed by atoms with van der Waals surface area (Å²) in [6, 6.07) is 11.5. The Morgan fingerprint density at radius 2 is 2.11 bits per heavy atom. The number of ether oxygens (including phenoxy) is 1. The topological polar surface area (TPSA) is 69.0 Å². The van der Waals surface area contributed by atoms with Gasteiger partial charge in [-0.2, -0.15) is 4.98 Å². The molecule has 5 rings (SSSR count). The zero-order chi connectivity index (χ0) is 18.4. The summed E-state index contributed by atoms with van der Waals surface area (Å²) >= 11 is 1.64. The summed E-state index contributed by atoms with van der Waals surface area (Å²) in [5.41, 5.74) is 2.64. The van der Waals surface area contributed by atoms with Gasteiger partial charge in [0.05, 0.1) is 12.7 Å². The maximum atomic E-state index is 12.7. The van der Waals surface area contributed by atoms with Crippen molar-refractivity contribution in [2.24, 2.45) is 0 Å². The molecule has 1 aliphatic carbocycles. The molecule has 1 unspecified atom stereocenters. The van der Waals surface area contributed by atoms with Crippen LogP contribution in [-0.2, 0) is 4.79 Å². The predicted molar refractivity (Wildman–Crippen MR) is 104 cm³/mol. The molecule has 1 N–H and O–H groups in total. The van der Waals surface area contributed by atoms with Gasteiger partial charge in [-0.05, 0) is 36.4 Å². The SMILES string of the molecule is COc1ccccc1-c1nc2n(n1)C(c1cccs1)C1=C(CCCC1=O)N2. The van der Waals surface area contributed by atoms with E-state index in [-0.39, 0.29) is 11.8 Å². The van der Waals surface area contributed by atoms with Crippen LogP contribution < -0.4 is 10.1 Å². The molecule has 2 aliphatic rings. The molecule has 3 aromatic rings. The molecule has 3 heterocycles. The molecule has 0 fully saturated rings. The van der Waals surface area contributed by atoms with Crippen molar-refractivity contribution in [3.8, 4) is 17.1 Å². The van der Waals surface area contributed by atoms with Crippen LogP contribution in [0.15, 0.2) is 53.0 Å². The molecule has 1 aliphatic heterocycles. The zero-order valence-corrected chi connectivity index (χ0v) is 15.6. The summed E-state index contributed by atoms with van der Waals surface area (Å²) in [6.07, 6.45) is 2.32. The van der Waals surface area contributed by atoms with Crippen molar-refractivity contribution in [2.45, 2.75) is 25.3 Å². The normalized spacial score (nSPS) is 18.7. The number of nitrogens with zero attached hydrogens (tertiary/aromatic N) is 3. The minimum Gasteiger partial charge on any atom is -0.496 e. The van der Waals surface area contributed by atoms with Crippen LogP contribution in [0.4, 0.5) is 5.95 Å². The molecule has 136 valence electrons. The molecule has 0 radical (unpaired) electrons. The van der Waals surface area contributed by atoms with Gasteiger partial charge < -0.3 is 10.1 Å². The fourth-order valence-corrected chi connectivity index (χ4v) is 4.63. The quantitative estimate of drug-likeness (QED) is 0.745. The van der Waals surface area contributed by atoms with Crippen LogP contribution in [0.1, 0.15) is 30.2 Å².